The highest BCUT2D eigenvalue weighted by molar-refractivity contribution is 5.76. The van der Waals surface area contributed by atoms with Crippen molar-refractivity contribution in [2.24, 2.45) is 0 Å². The van der Waals surface area contributed by atoms with E-state index in [2.05, 4.69) is 5.32 Å². The lowest BCUT2D eigenvalue weighted by Crippen LogP contribution is -2.41. The normalized spacial score (nSPS) is 15.4. The smallest absolute Gasteiger partial charge is 0.224 e. The van der Waals surface area contributed by atoms with E-state index in [0.29, 0.717) is 32.8 Å². The summed E-state index contributed by atoms with van der Waals surface area (Å²) in [4.78, 5) is 13.5. The molecule has 4 nitrogen and oxygen atoms in total. The molecule has 0 spiro atoms. The molecule has 1 saturated heterocycles. The van der Waals surface area contributed by atoms with Crippen molar-refractivity contribution in [3.8, 4) is 0 Å². The van der Waals surface area contributed by atoms with Crippen molar-refractivity contribution in [2.45, 2.75) is 6.42 Å². The predicted octanol–water partition coefficient (Wildman–Crippen LogP) is 1.63. The molecule has 1 aliphatic rings. The summed E-state index contributed by atoms with van der Waals surface area (Å²) in [6.07, 6.45) is 0.275. The van der Waals surface area contributed by atoms with E-state index in [0.717, 1.165) is 6.07 Å². The highest BCUT2D eigenvalue weighted by atomic mass is 19.1. The van der Waals surface area contributed by atoms with Crippen molar-refractivity contribution >= 4 is 11.6 Å². The first kappa shape index (κ1) is 13.7. The first-order valence-electron chi connectivity index (χ1n) is 6.21. The Morgan fingerprint density at radius 2 is 2.05 bits per heavy atom. The Morgan fingerprint density at radius 1 is 1.32 bits per heavy atom. The Kier molecular flexibility index (Phi) is 4.68. The van der Waals surface area contributed by atoms with Gasteiger partial charge in [0.1, 0.15) is 11.6 Å². The summed E-state index contributed by atoms with van der Waals surface area (Å²) < 4.78 is 31.2. The van der Waals surface area contributed by atoms with Gasteiger partial charge in [-0.25, -0.2) is 8.78 Å². The molecule has 1 heterocycles. The van der Waals surface area contributed by atoms with Crippen LogP contribution in [-0.2, 0) is 9.53 Å². The van der Waals surface area contributed by atoms with E-state index in [-0.39, 0.29) is 18.0 Å². The van der Waals surface area contributed by atoms with Gasteiger partial charge in [-0.05, 0) is 12.1 Å². The largest absolute Gasteiger partial charge is 0.382 e. The molecule has 19 heavy (non-hydrogen) atoms. The number of anilines is 1. The molecule has 0 bridgehead atoms. The van der Waals surface area contributed by atoms with Crippen molar-refractivity contribution in [3.05, 3.63) is 29.8 Å². The molecule has 0 radical (unpaired) electrons. The van der Waals surface area contributed by atoms with Crippen LogP contribution < -0.4 is 5.32 Å². The zero-order chi connectivity index (χ0) is 13.7. The van der Waals surface area contributed by atoms with Crippen molar-refractivity contribution in [2.75, 3.05) is 38.2 Å². The number of hydrogen-bond donors (Lipinski definition) is 1. The van der Waals surface area contributed by atoms with E-state index in [4.69, 9.17) is 4.74 Å². The van der Waals surface area contributed by atoms with Crippen molar-refractivity contribution in [1.82, 2.24) is 4.90 Å². The highest BCUT2D eigenvalue weighted by Crippen LogP contribution is 2.14. The van der Waals surface area contributed by atoms with Crippen LogP contribution in [0.15, 0.2) is 18.2 Å². The van der Waals surface area contributed by atoms with E-state index < -0.39 is 11.6 Å². The molecule has 1 aliphatic heterocycles. The second-order valence-electron chi connectivity index (χ2n) is 4.29. The van der Waals surface area contributed by atoms with E-state index >= 15 is 0 Å². The number of benzene rings is 1. The van der Waals surface area contributed by atoms with Crippen LogP contribution in [0.3, 0.4) is 0 Å². The van der Waals surface area contributed by atoms with Crippen LogP contribution in [-0.4, -0.2) is 43.7 Å². The molecular formula is C13H16F2N2O2. The van der Waals surface area contributed by atoms with Crippen LogP contribution in [0.5, 0.6) is 0 Å². The second kappa shape index (κ2) is 6.47. The summed E-state index contributed by atoms with van der Waals surface area (Å²) in [5.74, 6) is -1.26. The molecule has 0 aromatic heterocycles. The SMILES string of the molecule is O=C(CCNc1ccc(F)cc1F)N1CCOCC1. The number of ether oxygens (including phenoxy) is 1. The fourth-order valence-electron chi connectivity index (χ4n) is 1.91. The minimum absolute atomic E-state index is 0.0123. The number of nitrogens with one attached hydrogen (secondary N) is 1. The summed E-state index contributed by atoms with van der Waals surface area (Å²) in [5.41, 5.74) is 0.205. The maximum atomic E-state index is 13.3. The molecule has 1 aromatic rings. The number of morpholine rings is 1. The fourth-order valence-corrected chi connectivity index (χ4v) is 1.91. The van der Waals surface area contributed by atoms with Gasteiger partial charge < -0.3 is 15.0 Å². The number of carbonyl (C=O) groups excluding carboxylic acids is 1. The Morgan fingerprint density at radius 3 is 2.74 bits per heavy atom. The third-order valence-corrected chi connectivity index (χ3v) is 2.95. The average molecular weight is 270 g/mol. The van der Waals surface area contributed by atoms with Gasteiger partial charge in [-0.3, -0.25) is 4.79 Å². The first-order valence-corrected chi connectivity index (χ1v) is 6.21. The molecule has 1 N–H and O–H groups in total. The van der Waals surface area contributed by atoms with Gasteiger partial charge in [0.2, 0.25) is 5.91 Å². The summed E-state index contributed by atoms with van der Waals surface area (Å²) in [7, 11) is 0. The lowest BCUT2D eigenvalue weighted by molar-refractivity contribution is -0.134. The van der Waals surface area contributed by atoms with Gasteiger partial charge in [0.15, 0.2) is 0 Å². The van der Waals surface area contributed by atoms with Crippen molar-refractivity contribution in [3.63, 3.8) is 0 Å². The standard InChI is InChI=1S/C13H16F2N2O2/c14-10-1-2-12(11(15)9-10)16-4-3-13(18)17-5-7-19-8-6-17/h1-2,9,16H,3-8H2. The van der Waals surface area contributed by atoms with Crippen LogP contribution in [0.4, 0.5) is 14.5 Å². The van der Waals surface area contributed by atoms with Crippen molar-refractivity contribution < 1.29 is 18.3 Å². The number of amides is 1. The predicted molar refractivity (Wildman–Crippen MR) is 66.9 cm³/mol. The quantitative estimate of drug-likeness (QED) is 0.904. The van der Waals surface area contributed by atoms with Gasteiger partial charge in [0.05, 0.1) is 18.9 Å². The maximum Gasteiger partial charge on any atom is 0.224 e. The van der Waals surface area contributed by atoms with Crippen LogP contribution in [0, 0.1) is 11.6 Å². The Bertz CT molecular complexity index is 448. The Balaban J connectivity index is 1.78. The molecule has 0 saturated carbocycles. The zero-order valence-corrected chi connectivity index (χ0v) is 10.5. The molecule has 1 amide bonds. The molecule has 1 fully saturated rings. The van der Waals surface area contributed by atoms with E-state index in [9.17, 15) is 13.6 Å². The minimum atomic E-state index is -0.654. The third kappa shape index (κ3) is 3.89. The molecule has 0 atom stereocenters. The molecule has 104 valence electrons. The fraction of sp³-hybridized carbons (Fsp3) is 0.462. The minimum Gasteiger partial charge on any atom is -0.382 e. The third-order valence-electron chi connectivity index (χ3n) is 2.95. The average Bonchev–Trinajstić information content (AvgIpc) is 2.42. The molecule has 6 heteroatoms. The topological polar surface area (TPSA) is 41.6 Å². The number of nitrogens with zero attached hydrogens (tertiary/aromatic N) is 1. The summed E-state index contributed by atoms with van der Waals surface area (Å²) >= 11 is 0. The van der Waals surface area contributed by atoms with E-state index in [1.54, 1.807) is 4.90 Å². The Labute approximate surface area is 110 Å². The van der Waals surface area contributed by atoms with E-state index in [1.165, 1.54) is 12.1 Å². The number of rotatable bonds is 4. The van der Waals surface area contributed by atoms with Gasteiger partial charge >= 0.3 is 0 Å². The van der Waals surface area contributed by atoms with Gasteiger partial charge in [0.25, 0.3) is 0 Å². The van der Waals surface area contributed by atoms with Gasteiger partial charge in [-0.2, -0.15) is 0 Å². The van der Waals surface area contributed by atoms with Gasteiger partial charge in [-0.15, -0.1) is 0 Å². The molecule has 1 aromatic carbocycles. The lowest BCUT2D eigenvalue weighted by atomic mass is 10.2. The second-order valence-corrected chi connectivity index (χ2v) is 4.29. The maximum absolute atomic E-state index is 13.3. The monoisotopic (exact) mass is 270 g/mol. The zero-order valence-electron chi connectivity index (χ0n) is 10.5. The molecular weight excluding hydrogens is 254 g/mol. The highest BCUT2D eigenvalue weighted by Gasteiger charge is 2.16. The first-order chi connectivity index (χ1) is 9.16. The molecule has 2 rings (SSSR count). The number of halogens is 2. The van der Waals surface area contributed by atoms with Crippen LogP contribution in [0.1, 0.15) is 6.42 Å². The van der Waals surface area contributed by atoms with Crippen LogP contribution in [0.2, 0.25) is 0 Å². The van der Waals surface area contributed by atoms with Crippen LogP contribution in [0.25, 0.3) is 0 Å². The van der Waals surface area contributed by atoms with Crippen molar-refractivity contribution in [1.29, 1.82) is 0 Å². The van der Waals surface area contributed by atoms with Crippen LogP contribution >= 0.6 is 0 Å². The summed E-state index contributed by atoms with van der Waals surface area (Å²) in [5, 5.41) is 2.79. The number of hydrogen-bond acceptors (Lipinski definition) is 3. The van der Waals surface area contributed by atoms with Gasteiger partial charge in [-0.1, -0.05) is 0 Å². The summed E-state index contributed by atoms with van der Waals surface area (Å²) in [6, 6.07) is 3.31. The van der Waals surface area contributed by atoms with E-state index in [1.807, 2.05) is 0 Å². The number of carbonyl (C=O) groups is 1. The summed E-state index contributed by atoms with van der Waals surface area (Å²) in [6.45, 7) is 2.64. The molecule has 0 unspecified atom stereocenters. The lowest BCUT2D eigenvalue weighted by Gasteiger charge is -2.26. The van der Waals surface area contributed by atoms with Gasteiger partial charge in [0, 0.05) is 32.1 Å². The Hall–Kier alpha value is -1.69. The molecule has 0 aliphatic carbocycles.